The minimum atomic E-state index is -0.594. The number of hydrogen-bond donors (Lipinski definition) is 0. The number of hydrogen-bond acceptors (Lipinski definition) is 8. The molecule has 4 rings (SSSR count). The molecule has 0 amide bonds. The summed E-state index contributed by atoms with van der Waals surface area (Å²) in [4.78, 5) is 39.1. The predicted molar refractivity (Wildman–Crippen MR) is 141 cm³/mol. The van der Waals surface area contributed by atoms with Crippen molar-refractivity contribution in [2.75, 3.05) is 0 Å². The summed E-state index contributed by atoms with van der Waals surface area (Å²) in [5.74, 6) is -0.820. The Labute approximate surface area is 244 Å². The summed E-state index contributed by atoms with van der Waals surface area (Å²) in [7, 11) is 0. The standard InChI is InChI=1S/C24H16NO6.C7H4N.Co.O/c1-25-18-9-7-17(8-10-18)24(28)31-21-13-11-20(12-14-21)30-23(27)16-15-22(26)29-19-5-3-2-4-6-19;8-6-7-4-2-1-3-5-7;;/h3-14H,15-16H2;2-5H;;/q2*-1;;. The van der Waals surface area contributed by atoms with Crippen molar-refractivity contribution in [1.82, 2.24) is 0 Å². The molecular weight excluding hydrogens is 571 g/mol. The van der Waals surface area contributed by atoms with E-state index in [1.54, 1.807) is 48.5 Å². The first-order chi connectivity index (χ1) is 20.0. The average Bonchev–Trinajstić information content (AvgIpc) is 3.03. The van der Waals surface area contributed by atoms with Crippen molar-refractivity contribution in [2.24, 2.45) is 0 Å². The zero-order chi connectivity index (χ0) is 29.9. The summed E-state index contributed by atoms with van der Waals surface area (Å²) < 4.78 is 23.4. The molecule has 0 spiro atoms. The molecule has 207 valence electrons. The van der Waals surface area contributed by atoms with Crippen LogP contribution in [-0.2, 0) is 29.1 Å². The van der Waals surface area contributed by atoms with E-state index in [0.717, 1.165) is 0 Å². The van der Waals surface area contributed by atoms with E-state index in [1.165, 1.54) is 48.5 Å². The fourth-order valence-corrected chi connectivity index (χ4v) is 2.88. The van der Waals surface area contributed by atoms with Crippen LogP contribution in [0.1, 0.15) is 28.8 Å². The zero-order valence-electron chi connectivity index (χ0n) is 21.2. The van der Waals surface area contributed by atoms with Gasteiger partial charge in [-0.2, -0.15) is 53.8 Å². The molecule has 41 heavy (non-hydrogen) atoms. The summed E-state index contributed by atoms with van der Waals surface area (Å²) >= 11 is 2.31. The number of nitriles is 1. The Morgan fingerprint density at radius 3 is 1.59 bits per heavy atom. The minimum absolute atomic E-state index is 0.126. The summed E-state index contributed by atoms with van der Waals surface area (Å²) in [5.41, 5.74) is 1.42. The van der Waals surface area contributed by atoms with Gasteiger partial charge in [0.25, 0.3) is 0 Å². The van der Waals surface area contributed by atoms with E-state index in [4.69, 9.17) is 29.9 Å². The number of benzene rings is 4. The van der Waals surface area contributed by atoms with Crippen LogP contribution in [0.2, 0.25) is 0 Å². The maximum atomic E-state index is 12.1. The van der Waals surface area contributed by atoms with Crippen LogP contribution in [0.4, 0.5) is 5.69 Å². The third kappa shape index (κ3) is 11.9. The van der Waals surface area contributed by atoms with Crippen molar-refractivity contribution in [3.63, 3.8) is 0 Å². The number of carbonyl (C=O) groups is 3. The molecule has 0 saturated carbocycles. The quantitative estimate of drug-likeness (QED) is 0.150. The van der Waals surface area contributed by atoms with Gasteiger partial charge in [0, 0.05) is 5.75 Å². The van der Waals surface area contributed by atoms with Crippen LogP contribution >= 0.6 is 0 Å². The monoisotopic (exact) mass is 591 g/mol. The molecule has 0 fully saturated rings. The molecule has 0 heterocycles. The normalized spacial score (nSPS) is 9.15. The molecule has 0 unspecified atom stereocenters. The van der Waals surface area contributed by atoms with E-state index in [-0.39, 0.29) is 24.3 Å². The Morgan fingerprint density at radius 1 is 0.707 bits per heavy atom. The molecule has 0 aliphatic heterocycles. The summed E-state index contributed by atoms with van der Waals surface area (Å²) in [5, 5.41) is 8.27. The van der Waals surface area contributed by atoms with Gasteiger partial charge in [0.15, 0.2) is 5.69 Å². The number of nitrogens with zero attached hydrogens (tertiary/aromatic N) is 2. The Balaban J connectivity index is 0.000000500. The van der Waals surface area contributed by atoms with Gasteiger partial charge >= 0.3 is 37.4 Å². The van der Waals surface area contributed by atoms with Gasteiger partial charge < -0.3 is 14.2 Å². The van der Waals surface area contributed by atoms with E-state index in [9.17, 15) is 14.4 Å². The van der Waals surface area contributed by atoms with Crippen molar-refractivity contribution in [3.8, 4) is 23.3 Å². The second kappa shape index (κ2) is 18.0. The SMILES string of the molecule is N#Cc1cc[c-]cc1.[C-]#[N+]c1ccc(C(=O)Oc2ccc(OC(=O)CCC(=O)Oc3cc[c-]cc3)cc2)cc1.[O]=[Co]. The molecule has 10 heteroatoms. The van der Waals surface area contributed by atoms with E-state index in [0.29, 0.717) is 22.6 Å². The third-order valence-electron chi connectivity index (χ3n) is 4.80. The molecule has 0 saturated heterocycles. The molecule has 0 bridgehead atoms. The van der Waals surface area contributed by atoms with Gasteiger partial charge in [-0.3, -0.25) is 9.59 Å². The van der Waals surface area contributed by atoms with Gasteiger partial charge in [0.05, 0.1) is 31.0 Å². The Morgan fingerprint density at radius 2 is 1.15 bits per heavy atom. The predicted octanol–water partition coefficient (Wildman–Crippen LogP) is 5.79. The first-order valence-corrected chi connectivity index (χ1v) is 12.1. The molecular formula is C31H20CoN2O7-2. The van der Waals surface area contributed by atoms with E-state index < -0.39 is 17.9 Å². The Hall–Kier alpha value is -5.42. The van der Waals surface area contributed by atoms with E-state index in [2.05, 4.69) is 32.6 Å². The number of rotatable bonds is 7. The molecule has 0 aliphatic rings. The first-order valence-electron chi connectivity index (χ1n) is 11.6. The van der Waals surface area contributed by atoms with Crippen molar-refractivity contribution in [1.29, 1.82) is 5.26 Å². The van der Waals surface area contributed by atoms with Crippen LogP contribution in [-0.4, -0.2) is 17.9 Å². The average molecular weight is 591 g/mol. The van der Waals surface area contributed by atoms with Crippen LogP contribution in [0.5, 0.6) is 17.2 Å². The van der Waals surface area contributed by atoms with E-state index in [1.807, 2.05) is 6.07 Å². The van der Waals surface area contributed by atoms with E-state index >= 15 is 0 Å². The van der Waals surface area contributed by atoms with Gasteiger partial charge in [0.1, 0.15) is 11.5 Å². The fraction of sp³-hybridized carbons (Fsp3) is 0.0645. The van der Waals surface area contributed by atoms with Crippen molar-refractivity contribution < 1.29 is 48.1 Å². The number of esters is 3. The zero-order valence-corrected chi connectivity index (χ0v) is 22.3. The molecule has 0 aromatic heterocycles. The summed E-state index contributed by atoms with van der Waals surface area (Å²) in [6.45, 7) is 6.91. The van der Waals surface area contributed by atoms with Gasteiger partial charge in [-0.15, -0.1) is 12.1 Å². The molecule has 0 aliphatic carbocycles. The molecule has 0 atom stereocenters. The Kier molecular flexibility index (Phi) is 13.9. The second-order valence-electron chi connectivity index (χ2n) is 7.60. The molecule has 0 N–H and O–H groups in total. The van der Waals surface area contributed by atoms with Crippen LogP contribution in [0.15, 0.2) is 97.1 Å². The number of carbonyl (C=O) groups excluding carboxylic acids is 3. The van der Waals surface area contributed by atoms with Crippen molar-refractivity contribution >= 4 is 23.6 Å². The summed E-state index contributed by atoms with van der Waals surface area (Å²) in [6.07, 6.45) is -0.269. The van der Waals surface area contributed by atoms with Crippen LogP contribution < -0.4 is 14.2 Å². The van der Waals surface area contributed by atoms with Gasteiger partial charge in [-0.25, -0.2) is 9.64 Å². The summed E-state index contributed by atoms with van der Waals surface area (Å²) in [6, 6.07) is 32.9. The first kappa shape index (κ1) is 31.8. The van der Waals surface area contributed by atoms with Crippen LogP contribution in [0.3, 0.4) is 0 Å². The molecule has 0 radical (unpaired) electrons. The van der Waals surface area contributed by atoms with Crippen molar-refractivity contribution in [2.45, 2.75) is 12.8 Å². The van der Waals surface area contributed by atoms with Crippen LogP contribution in [0, 0.1) is 30.0 Å². The maximum absolute atomic E-state index is 12.1. The molecule has 4 aromatic carbocycles. The van der Waals surface area contributed by atoms with Crippen molar-refractivity contribution in [3.05, 3.63) is 132 Å². The van der Waals surface area contributed by atoms with Gasteiger partial charge in [0.2, 0.25) is 0 Å². The molecule has 9 nitrogen and oxygen atoms in total. The van der Waals surface area contributed by atoms with Gasteiger partial charge in [-0.1, -0.05) is 29.8 Å². The van der Waals surface area contributed by atoms with Gasteiger partial charge in [-0.05, 0) is 24.3 Å². The number of ether oxygens (including phenoxy) is 3. The molecule has 4 aromatic rings. The fourth-order valence-electron chi connectivity index (χ4n) is 2.88. The second-order valence-corrected chi connectivity index (χ2v) is 7.60. The Bertz CT molecular complexity index is 1500. The topological polar surface area (TPSA) is 124 Å². The van der Waals surface area contributed by atoms with Crippen LogP contribution in [0.25, 0.3) is 4.85 Å². The third-order valence-corrected chi connectivity index (χ3v) is 4.80.